The SMILES string of the molecule is COc1ccc(/C=C\c2cc(C)c(C)c(OC)c2)cc1OCCCCOc1cccc(-c2nc3ccccc3s2)c1. The van der Waals surface area contributed by atoms with Crippen LogP contribution >= 0.6 is 11.3 Å². The Hall–Kier alpha value is -4.29. The number of aromatic nitrogens is 1. The zero-order valence-electron chi connectivity index (χ0n) is 24.0. The molecule has 0 aliphatic heterocycles. The summed E-state index contributed by atoms with van der Waals surface area (Å²) in [7, 11) is 3.37. The minimum absolute atomic E-state index is 0.576. The summed E-state index contributed by atoms with van der Waals surface area (Å²) in [6, 6.07) is 26.6. The van der Waals surface area contributed by atoms with Gasteiger partial charge in [0, 0.05) is 5.56 Å². The first kappa shape index (κ1) is 28.2. The van der Waals surface area contributed by atoms with Gasteiger partial charge in [-0.3, -0.25) is 0 Å². The molecule has 0 spiro atoms. The molecule has 0 aliphatic carbocycles. The quantitative estimate of drug-likeness (QED) is 0.112. The number of aryl methyl sites for hydroxylation is 1. The van der Waals surface area contributed by atoms with E-state index < -0.39 is 0 Å². The van der Waals surface area contributed by atoms with Gasteiger partial charge in [-0.2, -0.15) is 0 Å². The summed E-state index contributed by atoms with van der Waals surface area (Å²) in [5.74, 6) is 3.20. The van der Waals surface area contributed by atoms with Crippen LogP contribution in [0.4, 0.5) is 0 Å². The van der Waals surface area contributed by atoms with Crippen LogP contribution in [0, 0.1) is 13.8 Å². The van der Waals surface area contributed by atoms with Gasteiger partial charge in [0.25, 0.3) is 0 Å². The Labute approximate surface area is 246 Å². The first-order chi connectivity index (χ1) is 20.0. The van der Waals surface area contributed by atoms with Gasteiger partial charge in [0.2, 0.25) is 0 Å². The van der Waals surface area contributed by atoms with Crippen LogP contribution in [-0.4, -0.2) is 32.4 Å². The van der Waals surface area contributed by atoms with E-state index in [1.54, 1.807) is 25.6 Å². The lowest BCUT2D eigenvalue weighted by atomic mass is 10.0. The highest BCUT2D eigenvalue weighted by atomic mass is 32.1. The van der Waals surface area contributed by atoms with E-state index in [0.29, 0.717) is 13.2 Å². The van der Waals surface area contributed by atoms with Crippen LogP contribution in [0.3, 0.4) is 0 Å². The monoisotopic (exact) mass is 565 g/mol. The standard InChI is InChI=1S/C35H35NO4S/c1-24-20-27(22-32(38-4)25(24)2)15-14-26-16-17-31(37-3)33(21-26)40-19-8-7-18-39-29-11-9-10-28(23-29)35-36-30-12-5-6-13-34(30)41-35/h5-6,9-17,20-23H,7-8,18-19H2,1-4H3/b15-14-. The largest absolute Gasteiger partial charge is 0.496 e. The Morgan fingerprint density at radius 1 is 0.707 bits per heavy atom. The second-order valence-electron chi connectivity index (χ2n) is 9.83. The normalized spacial score (nSPS) is 11.2. The summed E-state index contributed by atoms with van der Waals surface area (Å²) >= 11 is 1.70. The van der Waals surface area contributed by atoms with Gasteiger partial charge in [-0.05, 0) is 91.4 Å². The summed E-state index contributed by atoms with van der Waals surface area (Å²) in [4.78, 5) is 4.76. The van der Waals surface area contributed by atoms with E-state index in [-0.39, 0.29) is 0 Å². The van der Waals surface area contributed by atoms with Crippen molar-refractivity contribution >= 4 is 33.7 Å². The molecule has 1 heterocycles. The Bertz CT molecular complexity index is 1620. The molecule has 5 rings (SSSR count). The summed E-state index contributed by atoms with van der Waals surface area (Å²) < 4.78 is 24.4. The first-order valence-corrected chi connectivity index (χ1v) is 14.6. The fourth-order valence-electron chi connectivity index (χ4n) is 4.56. The van der Waals surface area contributed by atoms with E-state index in [4.69, 9.17) is 23.9 Å². The number of nitrogens with zero attached hydrogens (tertiary/aromatic N) is 1. The smallest absolute Gasteiger partial charge is 0.161 e. The molecule has 5 nitrogen and oxygen atoms in total. The third kappa shape index (κ3) is 7.08. The van der Waals surface area contributed by atoms with Gasteiger partial charge in [0.05, 0.1) is 37.6 Å². The molecule has 0 radical (unpaired) electrons. The van der Waals surface area contributed by atoms with Crippen molar-refractivity contribution in [3.05, 3.63) is 101 Å². The van der Waals surface area contributed by atoms with Gasteiger partial charge in [0.1, 0.15) is 16.5 Å². The maximum absolute atomic E-state index is 6.11. The van der Waals surface area contributed by atoms with Gasteiger partial charge in [-0.1, -0.05) is 48.6 Å². The number of rotatable bonds is 12. The third-order valence-corrected chi connectivity index (χ3v) is 8.04. The molecule has 0 amide bonds. The second kappa shape index (κ2) is 13.4. The van der Waals surface area contributed by atoms with Crippen LogP contribution < -0.4 is 18.9 Å². The molecule has 0 unspecified atom stereocenters. The Balaban J connectivity index is 1.13. The molecule has 0 aliphatic rings. The number of hydrogen-bond donors (Lipinski definition) is 0. The number of fused-ring (bicyclic) bond motifs is 1. The van der Waals surface area contributed by atoms with E-state index in [9.17, 15) is 0 Å². The number of benzene rings is 4. The van der Waals surface area contributed by atoms with Gasteiger partial charge in [0.15, 0.2) is 11.5 Å². The highest BCUT2D eigenvalue weighted by molar-refractivity contribution is 7.21. The van der Waals surface area contributed by atoms with Crippen LogP contribution in [0.25, 0.3) is 32.9 Å². The molecule has 0 N–H and O–H groups in total. The minimum atomic E-state index is 0.576. The second-order valence-corrected chi connectivity index (χ2v) is 10.9. The molecule has 0 saturated carbocycles. The lowest BCUT2D eigenvalue weighted by Crippen LogP contribution is -2.03. The molecule has 210 valence electrons. The third-order valence-electron chi connectivity index (χ3n) is 6.96. The fraction of sp³-hybridized carbons (Fsp3) is 0.229. The lowest BCUT2D eigenvalue weighted by Gasteiger charge is -2.12. The highest BCUT2D eigenvalue weighted by Gasteiger charge is 2.08. The molecular formula is C35H35NO4S. The van der Waals surface area contributed by atoms with Crippen LogP contribution in [-0.2, 0) is 0 Å². The molecule has 0 saturated heterocycles. The zero-order chi connectivity index (χ0) is 28.6. The maximum Gasteiger partial charge on any atom is 0.161 e. The number of unbranched alkanes of at least 4 members (excludes halogenated alkanes) is 1. The topological polar surface area (TPSA) is 49.8 Å². The predicted octanol–water partition coefficient (Wildman–Crippen LogP) is 9.01. The molecule has 0 atom stereocenters. The molecular weight excluding hydrogens is 530 g/mol. The summed E-state index contributed by atoms with van der Waals surface area (Å²) in [6.07, 6.45) is 5.90. The van der Waals surface area contributed by atoms with Crippen molar-refractivity contribution in [2.24, 2.45) is 0 Å². The first-order valence-electron chi connectivity index (χ1n) is 13.8. The van der Waals surface area contributed by atoms with Gasteiger partial charge < -0.3 is 18.9 Å². The average molecular weight is 566 g/mol. The van der Waals surface area contributed by atoms with Crippen molar-refractivity contribution < 1.29 is 18.9 Å². The molecule has 41 heavy (non-hydrogen) atoms. The molecule has 4 aromatic carbocycles. The number of thiazole rings is 1. The predicted molar refractivity (Wildman–Crippen MR) is 170 cm³/mol. The number of methoxy groups -OCH3 is 2. The molecule has 6 heteroatoms. The van der Waals surface area contributed by atoms with Gasteiger partial charge in [-0.25, -0.2) is 4.98 Å². The van der Waals surface area contributed by atoms with E-state index in [2.05, 4.69) is 56.3 Å². The van der Waals surface area contributed by atoms with Crippen molar-refractivity contribution in [1.29, 1.82) is 0 Å². The molecule has 0 fully saturated rings. The molecule has 1 aromatic heterocycles. The summed E-state index contributed by atoms with van der Waals surface area (Å²) in [6.45, 7) is 5.36. The number of hydrogen-bond acceptors (Lipinski definition) is 6. The van der Waals surface area contributed by atoms with E-state index in [1.807, 2.05) is 48.5 Å². The van der Waals surface area contributed by atoms with Crippen molar-refractivity contribution in [2.75, 3.05) is 27.4 Å². The highest BCUT2D eigenvalue weighted by Crippen LogP contribution is 2.32. The van der Waals surface area contributed by atoms with Gasteiger partial charge in [-0.15, -0.1) is 11.3 Å². The molecule has 0 bridgehead atoms. The number of para-hydroxylation sites is 1. The summed E-state index contributed by atoms with van der Waals surface area (Å²) in [5.41, 5.74) is 6.59. The zero-order valence-corrected chi connectivity index (χ0v) is 24.8. The maximum atomic E-state index is 6.11. The van der Waals surface area contributed by atoms with Crippen molar-refractivity contribution in [3.63, 3.8) is 0 Å². The minimum Gasteiger partial charge on any atom is -0.496 e. The Kier molecular flexibility index (Phi) is 9.22. The fourth-order valence-corrected chi connectivity index (χ4v) is 5.52. The van der Waals surface area contributed by atoms with E-state index in [0.717, 1.165) is 68.6 Å². The summed E-state index contributed by atoms with van der Waals surface area (Å²) in [5, 5.41) is 1.00. The van der Waals surface area contributed by atoms with Crippen LogP contribution in [0.1, 0.15) is 35.1 Å². The Morgan fingerprint density at radius 3 is 2.27 bits per heavy atom. The number of ether oxygens (including phenoxy) is 4. The van der Waals surface area contributed by atoms with E-state index >= 15 is 0 Å². The lowest BCUT2D eigenvalue weighted by molar-refractivity contribution is 0.258. The van der Waals surface area contributed by atoms with Crippen LogP contribution in [0.5, 0.6) is 23.0 Å². The van der Waals surface area contributed by atoms with Crippen molar-refractivity contribution in [2.45, 2.75) is 26.7 Å². The molecule has 5 aromatic rings. The van der Waals surface area contributed by atoms with Crippen LogP contribution in [0.2, 0.25) is 0 Å². The van der Waals surface area contributed by atoms with E-state index in [1.165, 1.54) is 10.3 Å². The van der Waals surface area contributed by atoms with Crippen molar-refractivity contribution in [3.8, 4) is 33.6 Å². The Morgan fingerprint density at radius 2 is 1.46 bits per heavy atom. The average Bonchev–Trinajstić information content (AvgIpc) is 3.44. The van der Waals surface area contributed by atoms with Crippen molar-refractivity contribution in [1.82, 2.24) is 4.98 Å². The van der Waals surface area contributed by atoms with Crippen LogP contribution in [0.15, 0.2) is 78.9 Å². The van der Waals surface area contributed by atoms with Gasteiger partial charge >= 0.3 is 0 Å².